The summed E-state index contributed by atoms with van der Waals surface area (Å²) in [4.78, 5) is 15.3. The van der Waals surface area contributed by atoms with Crippen LogP contribution in [-0.4, -0.2) is 26.0 Å². The number of nitrogens with two attached hydrogens (primary N) is 1. The highest BCUT2D eigenvalue weighted by Gasteiger charge is 2.22. The molecule has 18 heavy (non-hydrogen) atoms. The molecule has 0 saturated carbocycles. The fraction of sp³-hybridized carbons (Fsp3) is 0.417. The maximum absolute atomic E-state index is 11.0. The lowest BCUT2D eigenvalue weighted by molar-refractivity contribution is -0.118. The third kappa shape index (κ3) is 2.58. The zero-order chi connectivity index (χ0) is 13.3. The second-order valence-electron chi connectivity index (χ2n) is 5.02. The Morgan fingerprint density at radius 2 is 2.22 bits per heavy atom. The van der Waals surface area contributed by atoms with E-state index in [-0.39, 0.29) is 12.3 Å². The molecular weight excluding hydrogens is 230 g/mol. The van der Waals surface area contributed by atoms with Crippen molar-refractivity contribution in [2.45, 2.75) is 32.7 Å². The maximum atomic E-state index is 11.0. The Kier molecular flexibility index (Phi) is 2.94. The van der Waals surface area contributed by atoms with E-state index >= 15 is 0 Å². The lowest BCUT2D eigenvalue weighted by atomic mass is 10.0. The third-order valence-corrected chi connectivity index (χ3v) is 2.62. The van der Waals surface area contributed by atoms with Crippen molar-refractivity contribution in [3.05, 3.63) is 23.9 Å². The van der Waals surface area contributed by atoms with E-state index in [0.717, 1.165) is 11.3 Å². The number of hydrogen-bond donors (Lipinski definition) is 2. The molecule has 6 nitrogen and oxygen atoms in total. The van der Waals surface area contributed by atoms with Crippen molar-refractivity contribution < 1.29 is 4.79 Å². The van der Waals surface area contributed by atoms with Crippen molar-refractivity contribution in [2.75, 3.05) is 5.32 Å². The molecule has 0 fully saturated rings. The quantitative estimate of drug-likeness (QED) is 0.847. The molecule has 2 aromatic heterocycles. The predicted octanol–water partition coefficient (Wildman–Crippen LogP) is 1.10. The van der Waals surface area contributed by atoms with E-state index in [0.29, 0.717) is 5.95 Å². The van der Waals surface area contributed by atoms with Crippen molar-refractivity contribution in [3.8, 4) is 0 Å². The number of aromatic nitrogens is 3. The molecule has 0 spiro atoms. The predicted molar refractivity (Wildman–Crippen MR) is 69.2 cm³/mol. The van der Waals surface area contributed by atoms with Gasteiger partial charge in [0, 0.05) is 17.7 Å². The van der Waals surface area contributed by atoms with E-state index < -0.39 is 5.54 Å². The van der Waals surface area contributed by atoms with Crippen LogP contribution in [0.1, 0.15) is 26.0 Å². The van der Waals surface area contributed by atoms with Gasteiger partial charge in [0.25, 0.3) is 0 Å². The third-order valence-electron chi connectivity index (χ3n) is 2.62. The van der Waals surface area contributed by atoms with E-state index in [9.17, 15) is 4.79 Å². The fourth-order valence-electron chi connectivity index (χ4n) is 1.87. The van der Waals surface area contributed by atoms with Crippen LogP contribution >= 0.6 is 0 Å². The number of carbonyl (C=O) groups is 1. The molecule has 0 saturated heterocycles. The van der Waals surface area contributed by atoms with Gasteiger partial charge < -0.3 is 11.1 Å². The Balaban J connectivity index is 2.27. The fourth-order valence-corrected chi connectivity index (χ4v) is 1.87. The Morgan fingerprint density at radius 3 is 2.83 bits per heavy atom. The second-order valence-corrected chi connectivity index (χ2v) is 5.02. The summed E-state index contributed by atoms with van der Waals surface area (Å²) >= 11 is 0. The first-order chi connectivity index (χ1) is 8.37. The molecular formula is C12H17N5O. The van der Waals surface area contributed by atoms with Crippen LogP contribution in [-0.2, 0) is 4.79 Å². The maximum Gasteiger partial charge on any atom is 0.243 e. The van der Waals surface area contributed by atoms with Crippen LogP contribution in [0.5, 0.6) is 0 Å². The van der Waals surface area contributed by atoms with Gasteiger partial charge in [-0.25, -0.2) is 4.52 Å². The van der Waals surface area contributed by atoms with Gasteiger partial charge in [0.05, 0.1) is 0 Å². The highest BCUT2D eigenvalue weighted by atomic mass is 16.1. The minimum Gasteiger partial charge on any atom is -0.370 e. The van der Waals surface area contributed by atoms with Crippen LogP contribution in [0, 0.1) is 6.92 Å². The Hall–Kier alpha value is -2.11. The summed E-state index contributed by atoms with van der Waals surface area (Å²) in [6, 6.07) is 5.77. The average molecular weight is 247 g/mol. The van der Waals surface area contributed by atoms with Crippen LogP contribution in [0.4, 0.5) is 5.95 Å². The highest BCUT2D eigenvalue weighted by Crippen LogP contribution is 2.16. The van der Waals surface area contributed by atoms with Gasteiger partial charge in [0.2, 0.25) is 11.9 Å². The van der Waals surface area contributed by atoms with Gasteiger partial charge in [0.1, 0.15) is 0 Å². The summed E-state index contributed by atoms with van der Waals surface area (Å²) < 4.78 is 1.75. The smallest absolute Gasteiger partial charge is 0.243 e. The van der Waals surface area contributed by atoms with Crippen molar-refractivity contribution in [3.63, 3.8) is 0 Å². The standard InChI is InChI=1S/C12H17N5O/c1-8-5-4-6-10-14-11(16-17(8)10)15-12(2,3)7-9(13)18/h4-6H,7H2,1-3H3,(H2,13,18)(H,15,16). The van der Waals surface area contributed by atoms with Crippen LogP contribution in [0.25, 0.3) is 5.65 Å². The van der Waals surface area contributed by atoms with Crippen LogP contribution in [0.15, 0.2) is 18.2 Å². The van der Waals surface area contributed by atoms with Crippen molar-refractivity contribution in [1.29, 1.82) is 0 Å². The van der Waals surface area contributed by atoms with E-state index in [2.05, 4.69) is 15.4 Å². The minimum atomic E-state index is -0.468. The Labute approximate surface area is 105 Å². The Morgan fingerprint density at radius 1 is 1.50 bits per heavy atom. The molecule has 0 aliphatic carbocycles. The zero-order valence-electron chi connectivity index (χ0n) is 10.8. The van der Waals surface area contributed by atoms with Gasteiger partial charge in [-0.2, -0.15) is 4.98 Å². The first kappa shape index (κ1) is 12.3. The summed E-state index contributed by atoms with van der Waals surface area (Å²) in [5, 5.41) is 7.47. The normalized spacial score (nSPS) is 11.7. The van der Waals surface area contributed by atoms with Crippen molar-refractivity contribution >= 4 is 17.5 Å². The van der Waals surface area contributed by atoms with E-state index in [1.54, 1.807) is 4.52 Å². The van der Waals surface area contributed by atoms with Crippen LogP contribution in [0.3, 0.4) is 0 Å². The molecule has 0 aliphatic rings. The molecule has 0 unspecified atom stereocenters. The van der Waals surface area contributed by atoms with Crippen LogP contribution in [0.2, 0.25) is 0 Å². The topological polar surface area (TPSA) is 85.3 Å². The van der Waals surface area contributed by atoms with E-state index in [1.165, 1.54) is 0 Å². The largest absolute Gasteiger partial charge is 0.370 e. The molecule has 2 aromatic rings. The number of hydrogen-bond acceptors (Lipinski definition) is 4. The summed E-state index contributed by atoms with van der Waals surface area (Å²) in [6.07, 6.45) is 0.224. The van der Waals surface area contributed by atoms with Crippen LogP contribution < -0.4 is 11.1 Å². The van der Waals surface area contributed by atoms with Gasteiger partial charge >= 0.3 is 0 Å². The summed E-state index contributed by atoms with van der Waals surface area (Å²) in [6.45, 7) is 5.73. The van der Waals surface area contributed by atoms with Gasteiger partial charge in [-0.1, -0.05) is 6.07 Å². The van der Waals surface area contributed by atoms with Gasteiger partial charge in [-0.15, -0.1) is 5.10 Å². The number of amides is 1. The second kappa shape index (κ2) is 4.29. The summed E-state index contributed by atoms with van der Waals surface area (Å²) in [5.74, 6) is 0.142. The monoisotopic (exact) mass is 247 g/mol. The molecule has 2 heterocycles. The first-order valence-corrected chi connectivity index (χ1v) is 5.76. The average Bonchev–Trinajstić information content (AvgIpc) is 2.58. The number of fused-ring (bicyclic) bond motifs is 1. The minimum absolute atomic E-state index is 0.224. The molecule has 96 valence electrons. The summed E-state index contributed by atoms with van der Waals surface area (Å²) in [7, 11) is 0. The van der Waals surface area contributed by atoms with E-state index in [4.69, 9.17) is 5.73 Å². The molecule has 0 atom stereocenters. The molecule has 1 amide bonds. The molecule has 3 N–H and O–H groups in total. The molecule has 0 bridgehead atoms. The SMILES string of the molecule is Cc1cccc2nc(NC(C)(C)CC(N)=O)nn12. The van der Waals surface area contributed by atoms with Gasteiger partial charge in [-0.3, -0.25) is 4.79 Å². The summed E-state index contributed by atoms with van der Waals surface area (Å²) in [5.41, 5.74) is 6.51. The lowest BCUT2D eigenvalue weighted by Crippen LogP contribution is -2.36. The number of nitrogens with one attached hydrogen (secondary N) is 1. The number of anilines is 1. The van der Waals surface area contributed by atoms with Gasteiger partial charge in [0.15, 0.2) is 5.65 Å². The number of nitrogens with zero attached hydrogens (tertiary/aromatic N) is 3. The molecule has 0 aliphatic heterocycles. The highest BCUT2D eigenvalue weighted by molar-refractivity contribution is 5.75. The molecule has 6 heteroatoms. The number of carbonyl (C=O) groups excluding carboxylic acids is 1. The zero-order valence-corrected chi connectivity index (χ0v) is 10.8. The number of pyridine rings is 1. The molecule has 0 aromatic carbocycles. The molecule has 2 rings (SSSR count). The first-order valence-electron chi connectivity index (χ1n) is 5.76. The Bertz CT molecular complexity index is 587. The number of rotatable bonds is 4. The van der Waals surface area contributed by atoms with Gasteiger partial charge in [-0.05, 0) is 32.9 Å². The van der Waals surface area contributed by atoms with E-state index in [1.807, 2.05) is 39.0 Å². The number of aryl methyl sites for hydroxylation is 1. The molecule has 0 radical (unpaired) electrons. The number of primary amides is 1. The van der Waals surface area contributed by atoms with Crippen molar-refractivity contribution in [2.24, 2.45) is 5.73 Å². The van der Waals surface area contributed by atoms with Crippen molar-refractivity contribution in [1.82, 2.24) is 14.6 Å². The lowest BCUT2D eigenvalue weighted by Gasteiger charge is -2.23.